The summed E-state index contributed by atoms with van der Waals surface area (Å²) in [7, 11) is 0. The quantitative estimate of drug-likeness (QED) is 0.749. The summed E-state index contributed by atoms with van der Waals surface area (Å²) in [5.74, 6) is 0.199. The third-order valence-corrected chi connectivity index (χ3v) is 3.79. The zero-order chi connectivity index (χ0) is 12.8. The van der Waals surface area contributed by atoms with Gasteiger partial charge in [-0.2, -0.15) is 0 Å². The molecule has 1 heterocycles. The van der Waals surface area contributed by atoms with Gasteiger partial charge in [-0.3, -0.25) is 4.79 Å². The number of hydrogen-bond donors (Lipinski definition) is 1. The SMILES string of the molecule is CCCCN(C(=O)COC1CCNCC1)C1CC1. The number of nitrogens with one attached hydrogen (secondary N) is 1. The first-order valence-corrected chi connectivity index (χ1v) is 7.43. The summed E-state index contributed by atoms with van der Waals surface area (Å²) >= 11 is 0. The van der Waals surface area contributed by atoms with Crippen molar-refractivity contribution in [1.82, 2.24) is 10.2 Å². The molecule has 1 amide bonds. The lowest BCUT2D eigenvalue weighted by molar-refractivity contribution is -0.139. The Morgan fingerprint density at radius 1 is 1.28 bits per heavy atom. The van der Waals surface area contributed by atoms with Gasteiger partial charge in [-0.1, -0.05) is 13.3 Å². The van der Waals surface area contributed by atoms with E-state index in [0.717, 1.165) is 45.3 Å². The molecule has 0 radical (unpaired) electrons. The van der Waals surface area contributed by atoms with Crippen LogP contribution in [0.4, 0.5) is 0 Å². The normalized spacial score (nSPS) is 20.9. The molecule has 1 aliphatic heterocycles. The minimum Gasteiger partial charge on any atom is -0.368 e. The minimum absolute atomic E-state index is 0.199. The Bertz CT molecular complexity index is 261. The van der Waals surface area contributed by atoms with Crippen LogP contribution in [0.25, 0.3) is 0 Å². The Hall–Kier alpha value is -0.610. The van der Waals surface area contributed by atoms with Crippen molar-refractivity contribution in [1.29, 1.82) is 0 Å². The fourth-order valence-corrected chi connectivity index (χ4v) is 2.46. The van der Waals surface area contributed by atoms with Crippen molar-refractivity contribution in [2.75, 3.05) is 26.2 Å². The average Bonchev–Trinajstić information content (AvgIpc) is 3.22. The Morgan fingerprint density at radius 2 is 2.00 bits per heavy atom. The molecule has 1 aliphatic carbocycles. The van der Waals surface area contributed by atoms with Crippen LogP contribution in [0.1, 0.15) is 45.4 Å². The Labute approximate surface area is 110 Å². The second kappa shape index (κ2) is 7.10. The number of rotatable bonds is 7. The number of ether oxygens (including phenoxy) is 1. The molecule has 4 nitrogen and oxygen atoms in total. The van der Waals surface area contributed by atoms with Crippen molar-refractivity contribution in [2.24, 2.45) is 0 Å². The number of carbonyl (C=O) groups is 1. The van der Waals surface area contributed by atoms with Gasteiger partial charge < -0.3 is 15.0 Å². The summed E-state index contributed by atoms with van der Waals surface area (Å²) in [5.41, 5.74) is 0. The van der Waals surface area contributed by atoms with E-state index in [4.69, 9.17) is 4.74 Å². The molecule has 0 aromatic heterocycles. The Morgan fingerprint density at radius 3 is 2.61 bits per heavy atom. The van der Waals surface area contributed by atoms with E-state index in [1.165, 1.54) is 12.8 Å². The zero-order valence-electron chi connectivity index (χ0n) is 11.5. The van der Waals surface area contributed by atoms with Gasteiger partial charge in [-0.05, 0) is 45.2 Å². The molecule has 0 atom stereocenters. The van der Waals surface area contributed by atoms with E-state index in [9.17, 15) is 4.79 Å². The smallest absolute Gasteiger partial charge is 0.248 e. The molecule has 0 spiro atoms. The number of unbranched alkanes of at least 4 members (excludes halogenated alkanes) is 1. The summed E-state index contributed by atoms with van der Waals surface area (Å²) in [6.45, 7) is 5.39. The first-order valence-electron chi connectivity index (χ1n) is 7.43. The van der Waals surface area contributed by atoms with Crippen molar-refractivity contribution in [3.05, 3.63) is 0 Å². The second-order valence-corrected chi connectivity index (χ2v) is 5.43. The maximum Gasteiger partial charge on any atom is 0.248 e. The summed E-state index contributed by atoms with van der Waals surface area (Å²) in [6, 6.07) is 0.515. The molecule has 4 heteroatoms. The Kier molecular flexibility index (Phi) is 5.45. The van der Waals surface area contributed by atoms with Crippen molar-refractivity contribution < 1.29 is 9.53 Å². The third kappa shape index (κ3) is 4.25. The van der Waals surface area contributed by atoms with Gasteiger partial charge in [0.05, 0.1) is 6.10 Å². The number of carbonyl (C=O) groups excluding carboxylic acids is 1. The number of piperidine rings is 1. The van der Waals surface area contributed by atoms with Crippen LogP contribution in [0.2, 0.25) is 0 Å². The predicted octanol–water partition coefficient (Wildman–Crippen LogP) is 1.55. The van der Waals surface area contributed by atoms with Crippen LogP contribution in [-0.2, 0) is 9.53 Å². The van der Waals surface area contributed by atoms with E-state index in [1.54, 1.807) is 0 Å². The van der Waals surface area contributed by atoms with Crippen LogP contribution < -0.4 is 5.32 Å². The molecule has 2 aliphatic rings. The van der Waals surface area contributed by atoms with Gasteiger partial charge in [0.2, 0.25) is 5.91 Å². The molecule has 2 fully saturated rings. The van der Waals surface area contributed by atoms with Gasteiger partial charge in [-0.25, -0.2) is 0 Å². The molecule has 0 unspecified atom stereocenters. The summed E-state index contributed by atoms with van der Waals surface area (Å²) < 4.78 is 5.75. The molecule has 1 saturated carbocycles. The molecule has 1 N–H and O–H groups in total. The highest BCUT2D eigenvalue weighted by atomic mass is 16.5. The van der Waals surface area contributed by atoms with Crippen molar-refractivity contribution in [2.45, 2.75) is 57.6 Å². The van der Waals surface area contributed by atoms with Crippen molar-refractivity contribution in [3.8, 4) is 0 Å². The third-order valence-electron chi connectivity index (χ3n) is 3.79. The summed E-state index contributed by atoms with van der Waals surface area (Å²) in [5, 5.41) is 3.31. The van der Waals surface area contributed by atoms with Gasteiger partial charge in [0.25, 0.3) is 0 Å². The lowest BCUT2D eigenvalue weighted by atomic mass is 10.1. The van der Waals surface area contributed by atoms with E-state index in [-0.39, 0.29) is 18.6 Å². The van der Waals surface area contributed by atoms with Gasteiger partial charge in [0, 0.05) is 12.6 Å². The highest BCUT2D eigenvalue weighted by Crippen LogP contribution is 2.27. The first-order chi connectivity index (χ1) is 8.81. The zero-order valence-corrected chi connectivity index (χ0v) is 11.5. The summed E-state index contributed by atoms with van der Waals surface area (Å²) in [6.07, 6.45) is 6.96. The molecule has 18 heavy (non-hydrogen) atoms. The maximum absolute atomic E-state index is 12.2. The highest BCUT2D eigenvalue weighted by Gasteiger charge is 2.32. The fraction of sp³-hybridized carbons (Fsp3) is 0.929. The van der Waals surface area contributed by atoms with E-state index in [0.29, 0.717) is 6.04 Å². The fourth-order valence-electron chi connectivity index (χ4n) is 2.46. The van der Waals surface area contributed by atoms with Crippen LogP contribution >= 0.6 is 0 Å². The predicted molar refractivity (Wildman–Crippen MR) is 71.5 cm³/mol. The van der Waals surface area contributed by atoms with Gasteiger partial charge in [0.15, 0.2) is 0 Å². The van der Waals surface area contributed by atoms with Crippen LogP contribution in [0.5, 0.6) is 0 Å². The lowest BCUT2D eigenvalue weighted by Crippen LogP contribution is -2.39. The van der Waals surface area contributed by atoms with Crippen molar-refractivity contribution in [3.63, 3.8) is 0 Å². The second-order valence-electron chi connectivity index (χ2n) is 5.43. The molecule has 104 valence electrons. The van der Waals surface area contributed by atoms with Crippen LogP contribution in [0.3, 0.4) is 0 Å². The molecule has 1 saturated heterocycles. The molecule has 2 rings (SSSR count). The topological polar surface area (TPSA) is 41.6 Å². The first kappa shape index (κ1) is 13.8. The van der Waals surface area contributed by atoms with E-state index < -0.39 is 0 Å². The van der Waals surface area contributed by atoms with Crippen LogP contribution in [-0.4, -0.2) is 49.2 Å². The molecular weight excluding hydrogens is 228 g/mol. The van der Waals surface area contributed by atoms with E-state index in [2.05, 4.69) is 12.2 Å². The highest BCUT2D eigenvalue weighted by molar-refractivity contribution is 5.78. The van der Waals surface area contributed by atoms with Gasteiger partial charge in [0.1, 0.15) is 6.61 Å². The molecule has 0 aromatic carbocycles. The average molecular weight is 254 g/mol. The number of nitrogens with zero attached hydrogens (tertiary/aromatic N) is 1. The van der Waals surface area contributed by atoms with Crippen molar-refractivity contribution >= 4 is 5.91 Å². The Balaban J connectivity index is 1.70. The largest absolute Gasteiger partial charge is 0.368 e. The number of hydrogen-bond acceptors (Lipinski definition) is 3. The molecule has 0 bridgehead atoms. The van der Waals surface area contributed by atoms with Crippen LogP contribution in [0.15, 0.2) is 0 Å². The summed E-state index contributed by atoms with van der Waals surface area (Å²) in [4.78, 5) is 14.2. The molecular formula is C14H26N2O2. The monoisotopic (exact) mass is 254 g/mol. The maximum atomic E-state index is 12.2. The van der Waals surface area contributed by atoms with Gasteiger partial charge >= 0.3 is 0 Å². The molecule has 0 aromatic rings. The standard InChI is InChI=1S/C14H26N2O2/c1-2-3-10-16(12-4-5-12)14(17)11-18-13-6-8-15-9-7-13/h12-13,15H,2-11H2,1H3. The van der Waals surface area contributed by atoms with Gasteiger partial charge in [-0.15, -0.1) is 0 Å². The van der Waals surface area contributed by atoms with E-state index >= 15 is 0 Å². The lowest BCUT2D eigenvalue weighted by Gasteiger charge is -2.26. The minimum atomic E-state index is 0.199. The number of amides is 1. The van der Waals surface area contributed by atoms with E-state index in [1.807, 2.05) is 4.90 Å². The van der Waals surface area contributed by atoms with Crippen LogP contribution in [0, 0.1) is 0 Å².